The normalized spacial score (nSPS) is 23.5. The summed E-state index contributed by atoms with van der Waals surface area (Å²) in [5.41, 5.74) is -0.0709. The number of carbonyl (C=O) groups is 1. The second-order valence-electron chi connectivity index (χ2n) is 4.80. The third kappa shape index (κ3) is 3.47. The number of nitrogens with one attached hydrogen (secondary N) is 1. The Kier molecular flexibility index (Phi) is 3.80. The molecule has 1 aromatic carbocycles. The number of alkyl halides is 3. The molecule has 0 saturated carbocycles. The van der Waals surface area contributed by atoms with Crippen molar-refractivity contribution in [3.8, 4) is 0 Å². The number of halogens is 3. The SMILES string of the molecule is O=C(O)[C@H]1C[C@@H](Cc2cccc(C(F)(F)F)c2)CN1. The van der Waals surface area contributed by atoms with Crippen LogP contribution in [0, 0.1) is 5.92 Å². The lowest BCUT2D eigenvalue weighted by molar-refractivity contribution is -0.139. The third-order valence-electron chi connectivity index (χ3n) is 3.30. The molecule has 1 fully saturated rings. The van der Waals surface area contributed by atoms with Gasteiger partial charge in [0.15, 0.2) is 0 Å². The predicted octanol–water partition coefficient (Wildman–Crippen LogP) is 2.31. The van der Waals surface area contributed by atoms with Gasteiger partial charge in [0.25, 0.3) is 0 Å². The smallest absolute Gasteiger partial charge is 0.416 e. The number of benzene rings is 1. The molecule has 0 radical (unpaired) electrons. The van der Waals surface area contributed by atoms with Crippen molar-refractivity contribution < 1.29 is 23.1 Å². The van der Waals surface area contributed by atoms with Crippen LogP contribution in [0.2, 0.25) is 0 Å². The summed E-state index contributed by atoms with van der Waals surface area (Å²) in [6.45, 7) is 0.521. The second-order valence-corrected chi connectivity index (χ2v) is 4.80. The first kappa shape index (κ1) is 13.9. The zero-order valence-electron chi connectivity index (χ0n) is 10.1. The standard InChI is InChI=1S/C13H14F3NO2/c14-13(15,16)10-3-1-2-8(5-10)4-9-6-11(12(18)19)17-7-9/h1-3,5,9,11,17H,4,6-7H2,(H,18,19)/t9-,11-/m1/s1. The summed E-state index contributed by atoms with van der Waals surface area (Å²) in [5, 5.41) is 11.7. The van der Waals surface area contributed by atoms with Gasteiger partial charge in [0.1, 0.15) is 6.04 Å². The molecule has 2 rings (SSSR count). The van der Waals surface area contributed by atoms with Crippen molar-refractivity contribution in [2.45, 2.75) is 25.1 Å². The summed E-state index contributed by atoms with van der Waals surface area (Å²) in [4.78, 5) is 10.8. The molecule has 1 heterocycles. The quantitative estimate of drug-likeness (QED) is 0.888. The van der Waals surface area contributed by atoms with Gasteiger partial charge in [-0.3, -0.25) is 4.79 Å². The van der Waals surface area contributed by atoms with Gasteiger partial charge in [0, 0.05) is 0 Å². The summed E-state index contributed by atoms with van der Waals surface area (Å²) < 4.78 is 37.7. The van der Waals surface area contributed by atoms with Crippen molar-refractivity contribution in [2.24, 2.45) is 5.92 Å². The van der Waals surface area contributed by atoms with Crippen molar-refractivity contribution in [2.75, 3.05) is 6.54 Å². The van der Waals surface area contributed by atoms with E-state index in [9.17, 15) is 18.0 Å². The number of hydrogen-bond acceptors (Lipinski definition) is 2. The third-order valence-corrected chi connectivity index (χ3v) is 3.30. The molecule has 0 spiro atoms. The van der Waals surface area contributed by atoms with Gasteiger partial charge in [0.2, 0.25) is 0 Å². The molecule has 0 aliphatic carbocycles. The van der Waals surface area contributed by atoms with Gasteiger partial charge in [-0.1, -0.05) is 18.2 Å². The van der Waals surface area contributed by atoms with E-state index in [1.165, 1.54) is 6.07 Å². The van der Waals surface area contributed by atoms with Crippen LogP contribution in [0.3, 0.4) is 0 Å². The predicted molar refractivity (Wildman–Crippen MR) is 62.7 cm³/mol. The van der Waals surface area contributed by atoms with Gasteiger partial charge >= 0.3 is 12.1 Å². The first-order chi connectivity index (χ1) is 8.86. The fourth-order valence-corrected chi connectivity index (χ4v) is 2.36. The highest BCUT2D eigenvalue weighted by atomic mass is 19.4. The largest absolute Gasteiger partial charge is 0.480 e. The summed E-state index contributed by atoms with van der Waals surface area (Å²) in [7, 11) is 0. The summed E-state index contributed by atoms with van der Waals surface area (Å²) in [6.07, 6.45) is -3.43. The molecule has 1 aliphatic rings. The average molecular weight is 273 g/mol. The molecule has 0 aromatic heterocycles. The maximum atomic E-state index is 12.6. The lowest BCUT2D eigenvalue weighted by Crippen LogP contribution is -2.29. The Morgan fingerprint density at radius 2 is 2.16 bits per heavy atom. The number of rotatable bonds is 3. The minimum Gasteiger partial charge on any atom is -0.480 e. The number of carboxylic acid groups (broad SMARTS) is 1. The van der Waals surface area contributed by atoms with Crippen molar-refractivity contribution in [3.05, 3.63) is 35.4 Å². The van der Waals surface area contributed by atoms with Gasteiger partial charge in [-0.15, -0.1) is 0 Å². The Bertz CT molecular complexity index is 473. The van der Waals surface area contributed by atoms with E-state index in [0.29, 0.717) is 24.9 Å². The molecule has 0 unspecified atom stereocenters. The van der Waals surface area contributed by atoms with E-state index in [4.69, 9.17) is 5.11 Å². The maximum absolute atomic E-state index is 12.6. The Hall–Kier alpha value is -1.56. The lowest BCUT2D eigenvalue weighted by atomic mass is 9.95. The summed E-state index contributed by atoms with van der Waals surface area (Å²) >= 11 is 0. The highest BCUT2D eigenvalue weighted by Gasteiger charge is 2.32. The van der Waals surface area contributed by atoms with Crippen LogP contribution in [0.4, 0.5) is 13.2 Å². The molecule has 0 bridgehead atoms. The van der Waals surface area contributed by atoms with E-state index < -0.39 is 23.8 Å². The molecule has 2 atom stereocenters. The van der Waals surface area contributed by atoms with Gasteiger partial charge in [0.05, 0.1) is 5.56 Å². The monoisotopic (exact) mass is 273 g/mol. The van der Waals surface area contributed by atoms with Crippen LogP contribution < -0.4 is 5.32 Å². The highest BCUT2D eigenvalue weighted by Crippen LogP contribution is 2.30. The topological polar surface area (TPSA) is 49.3 Å². The van der Waals surface area contributed by atoms with Crippen molar-refractivity contribution in [1.82, 2.24) is 5.32 Å². The van der Waals surface area contributed by atoms with Crippen LogP contribution >= 0.6 is 0 Å². The van der Waals surface area contributed by atoms with Crippen molar-refractivity contribution >= 4 is 5.97 Å². The van der Waals surface area contributed by atoms with E-state index in [0.717, 1.165) is 12.1 Å². The Labute approximate surface area is 108 Å². The molecule has 3 nitrogen and oxygen atoms in total. The van der Waals surface area contributed by atoms with Crippen molar-refractivity contribution in [1.29, 1.82) is 0 Å². The van der Waals surface area contributed by atoms with Crippen LogP contribution in [0.5, 0.6) is 0 Å². The molecular formula is C13H14F3NO2. The average Bonchev–Trinajstić information content (AvgIpc) is 2.77. The van der Waals surface area contributed by atoms with Crippen LogP contribution in [-0.2, 0) is 17.4 Å². The first-order valence-corrected chi connectivity index (χ1v) is 5.98. The van der Waals surface area contributed by atoms with Gasteiger partial charge in [-0.05, 0) is 36.9 Å². The number of aliphatic carboxylic acids is 1. The first-order valence-electron chi connectivity index (χ1n) is 5.98. The minimum absolute atomic E-state index is 0.0598. The molecule has 2 N–H and O–H groups in total. The fraction of sp³-hybridized carbons (Fsp3) is 0.462. The molecular weight excluding hydrogens is 259 g/mol. The molecule has 0 amide bonds. The van der Waals surface area contributed by atoms with Crippen LogP contribution in [-0.4, -0.2) is 23.7 Å². The Morgan fingerprint density at radius 1 is 1.42 bits per heavy atom. The fourth-order valence-electron chi connectivity index (χ4n) is 2.36. The van der Waals surface area contributed by atoms with E-state index in [-0.39, 0.29) is 5.92 Å². The summed E-state index contributed by atoms with van der Waals surface area (Å²) in [6, 6.07) is 4.61. The zero-order valence-corrected chi connectivity index (χ0v) is 10.1. The highest BCUT2D eigenvalue weighted by molar-refractivity contribution is 5.73. The van der Waals surface area contributed by atoms with Crippen LogP contribution in [0.15, 0.2) is 24.3 Å². The molecule has 1 aromatic rings. The molecule has 19 heavy (non-hydrogen) atoms. The van der Waals surface area contributed by atoms with Crippen molar-refractivity contribution in [3.63, 3.8) is 0 Å². The van der Waals surface area contributed by atoms with Gasteiger partial charge in [-0.2, -0.15) is 13.2 Å². The molecule has 6 heteroatoms. The Balaban J connectivity index is 2.03. The molecule has 1 aliphatic heterocycles. The van der Waals surface area contributed by atoms with Gasteiger partial charge in [-0.25, -0.2) is 0 Å². The van der Waals surface area contributed by atoms with E-state index >= 15 is 0 Å². The molecule has 1 saturated heterocycles. The van der Waals surface area contributed by atoms with E-state index in [2.05, 4.69) is 5.32 Å². The molecule has 104 valence electrons. The second kappa shape index (κ2) is 5.21. The van der Waals surface area contributed by atoms with Crippen LogP contribution in [0.1, 0.15) is 17.5 Å². The zero-order chi connectivity index (χ0) is 14.0. The minimum atomic E-state index is -4.34. The number of hydrogen-bond donors (Lipinski definition) is 2. The Morgan fingerprint density at radius 3 is 2.74 bits per heavy atom. The lowest BCUT2D eigenvalue weighted by Gasteiger charge is -2.11. The van der Waals surface area contributed by atoms with E-state index in [1.807, 2.05) is 0 Å². The maximum Gasteiger partial charge on any atom is 0.416 e. The number of carboxylic acids is 1. The van der Waals surface area contributed by atoms with Gasteiger partial charge < -0.3 is 10.4 Å². The van der Waals surface area contributed by atoms with E-state index in [1.54, 1.807) is 6.07 Å². The van der Waals surface area contributed by atoms with Crippen LogP contribution in [0.25, 0.3) is 0 Å². The summed E-state index contributed by atoms with van der Waals surface area (Å²) in [5.74, 6) is -0.851.